The molecule has 1 aromatic heterocycles. The summed E-state index contributed by atoms with van der Waals surface area (Å²) in [5.74, 6) is 7.63. The van der Waals surface area contributed by atoms with Gasteiger partial charge in [-0.3, -0.25) is 19.3 Å². The minimum atomic E-state index is -0.716. The van der Waals surface area contributed by atoms with Crippen LogP contribution in [-0.4, -0.2) is 72.3 Å². The van der Waals surface area contributed by atoms with Crippen LogP contribution in [0.4, 0.5) is 0 Å². The van der Waals surface area contributed by atoms with Gasteiger partial charge in [-0.1, -0.05) is 96.8 Å². The molecule has 1 aliphatic heterocycles. The third kappa shape index (κ3) is 15.5. The van der Waals surface area contributed by atoms with E-state index in [-0.39, 0.29) is 29.7 Å². The van der Waals surface area contributed by atoms with E-state index in [9.17, 15) is 24.0 Å². The fraction of sp³-hybridized carbons (Fsp3) is 0.358. The van der Waals surface area contributed by atoms with E-state index in [1.54, 1.807) is 7.05 Å². The Morgan fingerprint density at radius 2 is 1.45 bits per heavy atom. The highest BCUT2D eigenvalue weighted by Gasteiger charge is 2.33. The van der Waals surface area contributed by atoms with Gasteiger partial charge in [0.25, 0.3) is 0 Å². The molecule has 3 aliphatic rings. The van der Waals surface area contributed by atoms with E-state index in [0.717, 1.165) is 96.1 Å². The number of imidazole rings is 1. The van der Waals surface area contributed by atoms with Crippen LogP contribution in [0.2, 0.25) is 0 Å². The standard InChI is InChI=1S/C40H44N6O3.C9H11NO.C4H6O/c1-46-25-7-10-35(46)38-43-27-34(44-38)31-20-18-29(19-21-31)13-12-28-14-16-30(17-15-28)26-42-36(47)11-5-6-24-41-40(49)37(32-8-3-2-4-9-32)45-39(48)33-22-23-33;1-10-9(7-11)8-5-3-2-4-6-8;5-3-4-1-2-4/h2-4,8-9,14-21,27,33,35,37H,5-7,10-11,22-26H2,1H3,(H,41,49)(H,42,47)(H,43,44)(H,45,48);2-7,9-10H,1H3;3-4H,1-2H2/t;9-;/m.0./s1. The van der Waals surface area contributed by atoms with Gasteiger partial charge in [-0.15, -0.1) is 0 Å². The summed E-state index contributed by atoms with van der Waals surface area (Å²) in [7, 11) is 3.92. The van der Waals surface area contributed by atoms with Crippen molar-refractivity contribution < 1.29 is 24.0 Å². The lowest BCUT2D eigenvalue weighted by atomic mass is 10.1. The number of rotatable bonds is 17. The number of likely N-dealkylation sites (N-methyl/N-ethyl adjacent to an activating group) is 1. The predicted molar refractivity (Wildman–Crippen MR) is 253 cm³/mol. The Bertz CT molecular complexity index is 2350. The maximum absolute atomic E-state index is 12.9. The number of carbonyl (C=O) groups is 5. The minimum absolute atomic E-state index is 0.0186. The van der Waals surface area contributed by atoms with Crippen molar-refractivity contribution in [3.8, 4) is 23.1 Å². The highest BCUT2D eigenvalue weighted by Crippen LogP contribution is 2.31. The summed E-state index contributed by atoms with van der Waals surface area (Å²) < 4.78 is 0. The smallest absolute Gasteiger partial charge is 0.247 e. The number of aldehydes is 2. The lowest BCUT2D eigenvalue weighted by Gasteiger charge is -2.19. The average molecular weight is 876 g/mol. The van der Waals surface area contributed by atoms with Gasteiger partial charge in [-0.25, -0.2) is 4.98 Å². The molecule has 12 heteroatoms. The SMILES string of the molecule is CN1CCCC1c1ncc(-c2ccc(C#Cc3ccc(CNC(=O)CCCCNC(=O)C(NC(=O)C4CC4)c4ccccc4)cc3)cc2)[nH]1.CN[C@@H](C=O)c1ccccc1.O=CC1CC1. The number of hydrogen-bond acceptors (Lipinski definition) is 8. The van der Waals surface area contributed by atoms with Crippen LogP contribution in [0.3, 0.4) is 0 Å². The zero-order valence-electron chi connectivity index (χ0n) is 37.4. The van der Waals surface area contributed by atoms with Gasteiger partial charge in [0.2, 0.25) is 17.7 Å². The number of aromatic amines is 1. The van der Waals surface area contributed by atoms with Crippen LogP contribution in [0.25, 0.3) is 11.3 Å². The molecule has 2 unspecified atom stereocenters. The summed E-state index contributed by atoms with van der Waals surface area (Å²) >= 11 is 0. The second kappa shape index (κ2) is 25.0. The lowest BCUT2D eigenvalue weighted by molar-refractivity contribution is -0.129. The molecular weight excluding hydrogens is 815 g/mol. The van der Waals surface area contributed by atoms with Gasteiger partial charge in [-0.2, -0.15) is 0 Å². The summed E-state index contributed by atoms with van der Waals surface area (Å²) in [5.41, 5.74) is 6.71. The predicted octanol–water partition coefficient (Wildman–Crippen LogP) is 7.15. The molecule has 5 N–H and O–H groups in total. The summed E-state index contributed by atoms with van der Waals surface area (Å²) in [6, 6.07) is 34.5. The van der Waals surface area contributed by atoms with E-state index >= 15 is 0 Å². The normalized spacial score (nSPS) is 16.1. The molecule has 3 amide bonds. The van der Waals surface area contributed by atoms with E-state index in [2.05, 4.69) is 67.2 Å². The first-order valence-electron chi connectivity index (χ1n) is 22.7. The van der Waals surface area contributed by atoms with Crippen LogP contribution in [0.1, 0.15) is 110 Å². The van der Waals surface area contributed by atoms with Crippen LogP contribution in [0.15, 0.2) is 115 Å². The number of nitrogens with zero attached hydrogens (tertiary/aromatic N) is 2. The Labute approximate surface area is 382 Å². The molecule has 4 aromatic carbocycles. The van der Waals surface area contributed by atoms with Gasteiger partial charge >= 0.3 is 0 Å². The highest BCUT2D eigenvalue weighted by molar-refractivity contribution is 5.90. The molecule has 0 radical (unpaired) electrons. The van der Waals surface area contributed by atoms with Crippen LogP contribution in [0, 0.1) is 23.7 Å². The summed E-state index contributed by atoms with van der Waals surface area (Å²) in [5, 5.41) is 11.7. The molecule has 2 aliphatic carbocycles. The van der Waals surface area contributed by atoms with Crippen molar-refractivity contribution in [2.24, 2.45) is 11.8 Å². The summed E-state index contributed by atoms with van der Waals surface area (Å²) in [6.45, 7) is 1.99. The van der Waals surface area contributed by atoms with Crippen molar-refractivity contribution in [3.05, 3.63) is 149 Å². The van der Waals surface area contributed by atoms with Gasteiger partial charge < -0.3 is 35.8 Å². The molecule has 5 aromatic rings. The van der Waals surface area contributed by atoms with E-state index in [1.807, 2.05) is 103 Å². The molecule has 12 nitrogen and oxygen atoms in total. The van der Waals surface area contributed by atoms with E-state index in [1.165, 1.54) is 6.42 Å². The Morgan fingerprint density at radius 3 is 2.00 bits per heavy atom. The van der Waals surface area contributed by atoms with Crippen molar-refractivity contribution >= 4 is 30.3 Å². The molecule has 3 fully saturated rings. The van der Waals surface area contributed by atoms with Crippen molar-refractivity contribution in [1.82, 2.24) is 36.1 Å². The first-order chi connectivity index (χ1) is 31.7. The number of nitrogens with one attached hydrogen (secondary N) is 5. The monoisotopic (exact) mass is 875 g/mol. The third-order valence-electron chi connectivity index (χ3n) is 11.6. The number of benzene rings is 4. The van der Waals surface area contributed by atoms with Gasteiger partial charge in [0.05, 0.1) is 24.0 Å². The molecule has 0 spiro atoms. The molecule has 3 atom stereocenters. The third-order valence-corrected chi connectivity index (χ3v) is 11.6. The molecule has 8 rings (SSSR count). The largest absolute Gasteiger partial charge is 0.354 e. The van der Waals surface area contributed by atoms with Crippen LogP contribution in [0.5, 0.6) is 0 Å². The quantitative estimate of drug-likeness (QED) is 0.0374. The van der Waals surface area contributed by atoms with E-state index < -0.39 is 6.04 Å². The van der Waals surface area contributed by atoms with E-state index in [0.29, 0.717) is 44.3 Å². The molecule has 65 heavy (non-hydrogen) atoms. The number of H-pyrrole nitrogens is 1. The fourth-order valence-corrected chi connectivity index (χ4v) is 7.26. The topological polar surface area (TPSA) is 165 Å². The van der Waals surface area contributed by atoms with E-state index in [4.69, 9.17) is 0 Å². The zero-order chi connectivity index (χ0) is 45.8. The Balaban J connectivity index is 0.000000366. The molecule has 338 valence electrons. The first-order valence-corrected chi connectivity index (χ1v) is 22.7. The highest BCUT2D eigenvalue weighted by atomic mass is 16.2. The lowest BCUT2D eigenvalue weighted by Crippen LogP contribution is -2.41. The Morgan fingerprint density at radius 1 is 0.800 bits per heavy atom. The molecule has 2 heterocycles. The van der Waals surface area contributed by atoms with Gasteiger partial charge in [0.1, 0.15) is 24.4 Å². The number of amides is 3. The van der Waals surface area contributed by atoms with Crippen molar-refractivity contribution in [1.29, 1.82) is 0 Å². The number of aromatic nitrogens is 2. The average Bonchev–Trinajstić information content (AvgIpc) is 4.28. The molecule has 2 saturated carbocycles. The molecular formula is C53H61N7O5. The van der Waals surface area contributed by atoms with Gasteiger partial charge in [0, 0.05) is 42.5 Å². The Hall–Kier alpha value is -6.68. The maximum atomic E-state index is 12.9. The second-order valence-electron chi connectivity index (χ2n) is 16.8. The van der Waals surface area contributed by atoms with Crippen LogP contribution >= 0.6 is 0 Å². The molecule has 1 saturated heterocycles. The fourth-order valence-electron chi connectivity index (χ4n) is 7.26. The summed E-state index contributed by atoms with van der Waals surface area (Å²) in [6.07, 6.45) is 11.9. The number of unbranched alkanes of at least 4 members (excludes halogenated alkanes) is 1. The van der Waals surface area contributed by atoms with Crippen molar-refractivity contribution in [2.75, 3.05) is 27.2 Å². The minimum Gasteiger partial charge on any atom is -0.354 e. The number of hydrogen-bond donors (Lipinski definition) is 5. The zero-order valence-corrected chi connectivity index (χ0v) is 37.4. The molecule has 0 bridgehead atoms. The number of carbonyl (C=O) groups excluding carboxylic acids is 5. The summed E-state index contributed by atoms with van der Waals surface area (Å²) in [4.78, 5) is 68.2. The first kappa shape index (κ1) is 47.8. The van der Waals surface area contributed by atoms with Crippen molar-refractivity contribution in [2.45, 2.75) is 82.5 Å². The number of likely N-dealkylation sites (tertiary alicyclic amines) is 1. The van der Waals surface area contributed by atoms with Gasteiger partial charge in [0.15, 0.2) is 0 Å². The Kier molecular flexibility index (Phi) is 18.4. The van der Waals surface area contributed by atoms with Gasteiger partial charge in [-0.05, 0) is 119 Å². The van der Waals surface area contributed by atoms with Crippen LogP contribution in [-0.2, 0) is 30.5 Å². The second-order valence-corrected chi connectivity index (χ2v) is 16.8. The maximum Gasteiger partial charge on any atom is 0.247 e. The van der Waals surface area contributed by atoms with Crippen molar-refractivity contribution in [3.63, 3.8) is 0 Å². The van der Waals surface area contributed by atoms with Crippen LogP contribution < -0.4 is 21.3 Å².